The number of pyridine rings is 1. The fraction of sp³-hybridized carbons (Fsp3) is 0.0714. The van der Waals surface area contributed by atoms with Crippen LogP contribution in [-0.2, 0) is 0 Å². The minimum Gasteiger partial charge on any atom is -0.507 e. The Morgan fingerprint density at radius 1 is 1.30 bits per heavy atom. The van der Waals surface area contributed by atoms with Crippen LogP contribution in [0.25, 0.3) is 0 Å². The number of hydrogen-bond acceptors (Lipinski definition) is 4. The van der Waals surface area contributed by atoms with E-state index < -0.39 is 5.91 Å². The van der Waals surface area contributed by atoms with Crippen LogP contribution in [0.4, 0.5) is 0 Å². The van der Waals surface area contributed by atoms with Crippen molar-refractivity contribution in [1.82, 2.24) is 10.4 Å². The van der Waals surface area contributed by atoms with Gasteiger partial charge in [-0.1, -0.05) is 11.6 Å². The summed E-state index contributed by atoms with van der Waals surface area (Å²) in [6.45, 7) is 1.76. The second kappa shape index (κ2) is 6.16. The normalized spacial score (nSPS) is 11.2. The number of hydrazone groups is 1. The Balaban J connectivity index is 2.14. The van der Waals surface area contributed by atoms with Gasteiger partial charge >= 0.3 is 0 Å². The van der Waals surface area contributed by atoms with Gasteiger partial charge in [0, 0.05) is 23.0 Å². The lowest BCUT2D eigenvalue weighted by Crippen LogP contribution is -2.19. The molecule has 0 atom stereocenters. The van der Waals surface area contributed by atoms with E-state index in [-0.39, 0.29) is 11.3 Å². The van der Waals surface area contributed by atoms with Crippen LogP contribution < -0.4 is 5.43 Å². The van der Waals surface area contributed by atoms with Crippen molar-refractivity contribution in [1.29, 1.82) is 0 Å². The van der Waals surface area contributed by atoms with Gasteiger partial charge in [0.05, 0.1) is 11.3 Å². The lowest BCUT2D eigenvalue weighted by Gasteiger charge is -2.05. The third kappa shape index (κ3) is 3.33. The molecule has 1 aromatic carbocycles. The first-order valence-electron chi connectivity index (χ1n) is 5.81. The minimum absolute atomic E-state index is 0.0729. The van der Waals surface area contributed by atoms with Crippen molar-refractivity contribution >= 4 is 23.2 Å². The van der Waals surface area contributed by atoms with Crippen LogP contribution in [0.3, 0.4) is 0 Å². The van der Waals surface area contributed by atoms with Crippen molar-refractivity contribution in [3.63, 3.8) is 0 Å². The molecule has 20 heavy (non-hydrogen) atoms. The number of nitrogens with one attached hydrogen (secondary N) is 1. The molecule has 0 saturated heterocycles. The maximum atomic E-state index is 11.9. The van der Waals surface area contributed by atoms with E-state index in [1.165, 1.54) is 18.2 Å². The molecule has 2 N–H and O–H groups in total. The Morgan fingerprint density at radius 2 is 2.00 bits per heavy atom. The topological polar surface area (TPSA) is 74.6 Å². The molecule has 2 aromatic rings. The Morgan fingerprint density at radius 3 is 2.70 bits per heavy atom. The molecule has 102 valence electrons. The largest absolute Gasteiger partial charge is 0.507 e. The van der Waals surface area contributed by atoms with Gasteiger partial charge in [0.15, 0.2) is 0 Å². The summed E-state index contributed by atoms with van der Waals surface area (Å²) in [6, 6.07) is 7.79. The van der Waals surface area contributed by atoms with Gasteiger partial charge in [-0.15, -0.1) is 0 Å². The lowest BCUT2D eigenvalue weighted by molar-refractivity contribution is 0.0952. The molecule has 0 spiro atoms. The summed E-state index contributed by atoms with van der Waals surface area (Å²) >= 11 is 5.79. The lowest BCUT2D eigenvalue weighted by atomic mass is 10.2. The van der Waals surface area contributed by atoms with Crippen molar-refractivity contribution in [2.24, 2.45) is 5.10 Å². The molecule has 1 heterocycles. The quantitative estimate of drug-likeness (QED) is 0.674. The summed E-state index contributed by atoms with van der Waals surface area (Å²) in [7, 11) is 0. The zero-order valence-electron chi connectivity index (χ0n) is 10.7. The zero-order valence-corrected chi connectivity index (χ0v) is 11.4. The molecule has 0 aliphatic rings. The van der Waals surface area contributed by atoms with Gasteiger partial charge in [-0.2, -0.15) is 5.10 Å². The number of aromatic hydroxyl groups is 1. The minimum atomic E-state index is -0.529. The molecule has 0 radical (unpaired) electrons. The van der Waals surface area contributed by atoms with Crippen LogP contribution in [0.5, 0.6) is 5.75 Å². The number of carbonyl (C=O) groups excluding carboxylic acids is 1. The average molecular weight is 290 g/mol. The summed E-state index contributed by atoms with van der Waals surface area (Å²) in [5.41, 5.74) is 3.92. The summed E-state index contributed by atoms with van der Waals surface area (Å²) in [4.78, 5) is 15.8. The Hall–Kier alpha value is -2.40. The van der Waals surface area contributed by atoms with E-state index in [4.69, 9.17) is 11.6 Å². The molecule has 1 amide bonds. The van der Waals surface area contributed by atoms with E-state index in [0.717, 1.165) is 5.56 Å². The van der Waals surface area contributed by atoms with Gasteiger partial charge in [0.25, 0.3) is 5.91 Å². The maximum Gasteiger partial charge on any atom is 0.275 e. The molecular weight excluding hydrogens is 278 g/mol. The van der Waals surface area contributed by atoms with Crippen molar-refractivity contribution in [3.8, 4) is 5.75 Å². The van der Waals surface area contributed by atoms with Crippen LogP contribution in [0.2, 0.25) is 5.02 Å². The van der Waals surface area contributed by atoms with Crippen molar-refractivity contribution in [2.75, 3.05) is 0 Å². The number of rotatable bonds is 3. The van der Waals surface area contributed by atoms with E-state index in [0.29, 0.717) is 10.7 Å². The predicted molar refractivity (Wildman–Crippen MR) is 77.0 cm³/mol. The molecule has 2 rings (SSSR count). The smallest absolute Gasteiger partial charge is 0.275 e. The second-order valence-corrected chi connectivity index (χ2v) is 4.47. The second-order valence-electron chi connectivity index (χ2n) is 4.04. The van der Waals surface area contributed by atoms with Crippen LogP contribution in [0.1, 0.15) is 22.8 Å². The predicted octanol–water partition coefficient (Wildman–Crippen LogP) is 2.59. The summed E-state index contributed by atoms with van der Waals surface area (Å²) in [6.07, 6.45) is 3.28. The Kier molecular flexibility index (Phi) is 4.32. The Bertz CT molecular complexity index is 657. The van der Waals surface area contributed by atoms with Gasteiger partial charge in [-0.3, -0.25) is 9.78 Å². The third-order valence-electron chi connectivity index (χ3n) is 2.63. The summed E-state index contributed by atoms with van der Waals surface area (Å²) < 4.78 is 0. The molecule has 6 heteroatoms. The van der Waals surface area contributed by atoms with Gasteiger partial charge in [0.1, 0.15) is 5.75 Å². The molecule has 0 aliphatic carbocycles. The SMILES string of the molecule is C/C(=N\NC(=O)c1cc(Cl)ccc1O)c1ccncc1. The van der Waals surface area contributed by atoms with Gasteiger partial charge in [-0.25, -0.2) is 5.43 Å². The third-order valence-corrected chi connectivity index (χ3v) is 2.86. The number of benzene rings is 1. The highest BCUT2D eigenvalue weighted by atomic mass is 35.5. The number of phenolic OH excluding ortho intramolecular Hbond substituents is 1. The number of amides is 1. The number of halogens is 1. The van der Waals surface area contributed by atoms with Gasteiger partial charge < -0.3 is 5.11 Å². The van der Waals surface area contributed by atoms with Gasteiger partial charge in [-0.05, 0) is 37.3 Å². The molecule has 1 aromatic heterocycles. The fourth-order valence-corrected chi connectivity index (χ4v) is 1.71. The first kappa shape index (κ1) is 14.0. The molecule has 5 nitrogen and oxygen atoms in total. The van der Waals surface area contributed by atoms with Crippen molar-refractivity contribution < 1.29 is 9.90 Å². The highest BCUT2D eigenvalue weighted by Crippen LogP contribution is 2.21. The summed E-state index contributed by atoms with van der Waals surface area (Å²) in [5, 5.41) is 14.0. The average Bonchev–Trinajstić information content (AvgIpc) is 2.47. The molecule has 0 fully saturated rings. The molecule has 0 aliphatic heterocycles. The van der Waals surface area contributed by atoms with Crippen molar-refractivity contribution in [2.45, 2.75) is 6.92 Å². The van der Waals surface area contributed by atoms with E-state index in [9.17, 15) is 9.90 Å². The highest BCUT2D eigenvalue weighted by Gasteiger charge is 2.11. The zero-order chi connectivity index (χ0) is 14.5. The van der Waals surface area contributed by atoms with Crippen LogP contribution in [0.15, 0.2) is 47.8 Å². The maximum absolute atomic E-state index is 11.9. The van der Waals surface area contributed by atoms with Gasteiger partial charge in [0.2, 0.25) is 0 Å². The first-order valence-corrected chi connectivity index (χ1v) is 6.19. The van der Waals surface area contributed by atoms with E-state index in [1.54, 1.807) is 31.5 Å². The first-order chi connectivity index (χ1) is 9.58. The molecule has 0 unspecified atom stereocenters. The van der Waals surface area contributed by atoms with E-state index in [1.807, 2.05) is 0 Å². The van der Waals surface area contributed by atoms with Crippen molar-refractivity contribution in [3.05, 3.63) is 58.9 Å². The summed E-state index contributed by atoms with van der Waals surface area (Å²) in [5.74, 6) is -0.679. The van der Waals surface area contributed by atoms with E-state index in [2.05, 4.69) is 15.5 Å². The molecular formula is C14H12ClN3O2. The monoisotopic (exact) mass is 289 g/mol. The molecule has 0 saturated carbocycles. The number of phenols is 1. The standard InChI is InChI=1S/C14H12ClN3O2/c1-9(10-4-6-16-7-5-10)17-18-14(20)12-8-11(15)2-3-13(12)19/h2-8,19H,1H3,(H,18,20)/b17-9+. The van der Waals surface area contributed by atoms with Crippen LogP contribution in [-0.4, -0.2) is 21.7 Å². The Labute approximate surface area is 120 Å². The van der Waals surface area contributed by atoms with Crippen LogP contribution >= 0.6 is 11.6 Å². The number of hydrogen-bond donors (Lipinski definition) is 2. The highest BCUT2D eigenvalue weighted by molar-refractivity contribution is 6.31. The number of carbonyl (C=O) groups is 1. The fourth-order valence-electron chi connectivity index (χ4n) is 1.54. The molecule has 0 bridgehead atoms. The van der Waals surface area contributed by atoms with Crippen LogP contribution in [0, 0.1) is 0 Å². The number of nitrogens with zero attached hydrogens (tertiary/aromatic N) is 2. The number of aromatic nitrogens is 1. The van der Waals surface area contributed by atoms with E-state index >= 15 is 0 Å².